The van der Waals surface area contributed by atoms with E-state index in [2.05, 4.69) is 13.0 Å². The normalized spacial score (nSPS) is 16.3. The van der Waals surface area contributed by atoms with E-state index >= 15 is 0 Å². The summed E-state index contributed by atoms with van der Waals surface area (Å²) in [4.78, 5) is 11.6. The van der Waals surface area contributed by atoms with Gasteiger partial charge in [-0.25, -0.2) is 4.68 Å². The number of ketones is 1. The van der Waals surface area contributed by atoms with E-state index in [4.69, 9.17) is 5.10 Å². The highest BCUT2D eigenvalue weighted by Gasteiger charge is 2.37. The fourth-order valence-electron chi connectivity index (χ4n) is 3.80. The molecule has 0 unspecified atom stereocenters. The minimum atomic E-state index is -1.08. The first-order chi connectivity index (χ1) is 13.5. The summed E-state index contributed by atoms with van der Waals surface area (Å²) >= 11 is 0. The van der Waals surface area contributed by atoms with Gasteiger partial charge in [-0.15, -0.1) is 0 Å². The molecule has 5 nitrogen and oxygen atoms in total. The van der Waals surface area contributed by atoms with E-state index in [9.17, 15) is 15.0 Å². The van der Waals surface area contributed by atoms with Crippen LogP contribution in [0.25, 0.3) is 16.9 Å². The number of carbonyl (C=O) groups excluding carboxylic acids is 1. The SMILES string of the molecule is Cc1ccccc1-c1cc(C2(O)CCC(=O)CC2)nn1-c1ccc(CO)cc1. The molecule has 28 heavy (non-hydrogen) atoms. The zero-order valence-corrected chi connectivity index (χ0v) is 15.9. The van der Waals surface area contributed by atoms with Crippen molar-refractivity contribution in [1.29, 1.82) is 0 Å². The Morgan fingerprint density at radius 3 is 2.39 bits per heavy atom. The Hall–Kier alpha value is -2.76. The maximum atomic E-state index is 11.6. The van der Waals surface area contributed by atoms with Gasteiger partial charge in [0.15, 0.2) is 0 Å². The van der Waals surface area contributed by atoms with E-state index in [0.29, 0.717) is 31.4 Å². The summed E-state index contributed by atoms with van der Waals surface area (Å²) in [5.74, 6) is 0.197. The highest BCUT2D eigenvalue weighted by atomic mass is 16.3. The van der Waals surface area contributed by atoms with Gasteiger partial charge >= 0.3 is 0 Å². The molecule has 2 N–H and O–H groups in total. The number of carbonyl (C=O) groups is 1. The van der Waals surface area contributed by atoms with Gasteiger partial charge in [0.1, 0.15) is 11.4 Å². The summed E-state index contributed by atoms with van der Waals surface area (Å²) < 4.78 is 1.84. The molecule has 1 aliphatic rings. The Bertz CT molecular complexity index is 995. The van der Waals surface area contributed by atoms with Gasteiger partial charge in [-0.1, -0.05) is 36.4 Å². The Morgan fingerprint density at radius 1 is 1.07 bits per heavy atom. The summed E-state index contributed by atoms with van der Waals surface area (Å²) in [5, 5.41) is 25.3. The maximum Gasteiger partial charge on any atom is 0.133 e. The van der Waals surface area contributed by atoms with E-state index in [1.165, 1.54) is 0 Å². The van der Waals surface area contributed by atoms with Crippen LogP contribution in [0.5, 0.6) is 0 Å². The van der Waals surface area contributed by atoms with E-state index in [1.54, 1.807) is 0 Å². The van der Waals surface area contributed by atoms with Gasteiger partial charge in [-0.2, -0.15) is 5.10 Å². The number of Topliss-reactive ketones (excluding diaryl/α,β-unsaturated/α-hetero) is 1. The molecule has 1 heterocycles. The summed E-state index contributed by atoms with van der Waals surface area (Å²) in [6.07, 6.45) is 1.57. The van der Waals surface area contributed by atoms with Crippen LogP contribution in [0.1, 0.15) is 42.5 Å². The second-order valence-corrected chi connectivity index (χ2v) is 7.54. The third-order valence-electron chi connectivity index (χ3n) is 5.61. The number of hydrogen-bond acceptors (Lipinski definition) is 4. The zero-order valence-electron chi connectivity index (χ0n) is 15.9. The fraction of sp³-hybridized carbons (Fsp3) is 0.304. The van der Waals surface area contributed by atoms with E-state index < -0.39 is 5.60 Å². The molecular weight excluding hydrogens is 352 g/mol. The molecule has 0 amide bonds. The van der Waals surface area contributed by atoms with Gasteiger partial charge in [-0.3, -0.25) is 4.79 Å². The number of benzene rings is 2. The molecule has 1 aliphatic carbocycles. The van der Waals surface area contributed by atoms with Crippen LogP contribution >= 0.6 is 0 Å². The van der Waals surface area contributed by atoms with Crippen LogP contribution in [-0.4, -0.2) is 25.8 Å². The van der Waals surface area contributed by atoms with Crippen LogP contribution in [0.4, 0.5) is 0 Å². The van der Waals surface area contributed by atoms with Gasteiger partial charge < -0.3 is 10.2 Å². The predicted molar refractivity (Wildman–Crippen MR) is 107 cm³/mol. The minimum Gasteiger partial charge on any atom is -0.392 e. The first-order valence-electron chi connectivity index (χ1n) is 9.61. The van der Waals surface area contributed by atoms with E-state index in [1.807, 2.05) is 53.2 Å². The van der Waals surface area contributed by atoms with Crippen LogP contribution in [0.3, 0.4) is 0 Å². The quantitative estimate of drug-likeness (QED) is 0.728. The average molecular weight is 376 g/mol. The van der Waals surface area contributed by atoms with Crippen molar-refractivity contribution >= 4 is 5.78 Å². The lowest BCUT2D eigenvalue weighted by Crippen LogP contribution is -2.32. The van der Waals surface area contributed by atoms with Gasteiger partial charge in [0.2, 0.25) is 0 Å². The van der Waals surface area contributed by atoms with Crippen molar-refractivity contribution in [3.63, 3.8) is 0 Å². The van der Waals surface area contributed by atoms with Crippen LogP contribution in [0, 0.1) is 6.92 Å². The minimum absolute atomic E-state index is 0.0108. The standard InChI is InChI=1S/C23H24N2O3/c1-16-4-2-3-5-20(16)21-14-22(23(28)12-10-19(27)11-13-23)24-25(21)18-8-6-17(15-26)7-9-18/h2-9,14,26,28H,10-13,15H2,1H3. The largest absolute Gasteiger partial charge is 0.392 e. The van der Waals surface area contributed by atoms with Gasteiger partial charge in [0.25, 0.3) is 0 Å². The summed E-state index contributed by atoms with van der Waals surface area (Å²) in [6, 6.07) is 17.6. The second kappa shape index (κ2) is 7.34. The molecule has 1 aromatic heterocycles. The molecule has 0 spiro atoms. The lowest BCUT2D eigenvalue weighted by atomic mass is 9.82. The van der Waals surface area contributed by atoms with Crippen LogP contribution < -0.4 is 0 Å². The number of aliphatic hydroxyl groups is 2. The Morgan fingerprint density at radius 2 is 1.75 bits per heavy atom. The molecule has 5 heteroatoms. The number of nitrogens with zero attached hydrogens (tertiary/aromatic N) is 2. The zero-order chi connectivity index (χ0) is 19.7. The molecular formula is C23H24N2O3. The molecule has 0 bridgehead atoms. The van der Waals surface area contributed by atoms with Crippen LogP contribution in [-0.2, 0) is 17.0 Å². The monoisotopic (exact) mass is 376 g/mol. The smallest absolute Gasteiger partial charge is 0.133 e. The molecule has 0 aliphatic heterocycles. The molecule has 1 saturated carbocycles. The van der Waals surface area contributed by atoms with Gasteiger partial charge in [0.05, 0.1) is 23.7 Å². The number of aryl methyl sites for hydroxylation is 1. The first kappa shape index (κ1) is 18.6. The topological polar surface area (TPSA) is 75.3 Å². The highest BCUT2D eigenvalue weighted by Crippen LogP contribution is 2.38. The molecule has 0 radical (unpaired) electrons. The van der Waals surface area contributed by atoms with Crippen molar-refractivity contribution in [3.05, 3.63) is 71.4 Å². The number of aromatic nitrogens is 2. The number of rotatable bonds is 4. The Labute approximate surface area is 164 Å². The molecule has 144 valence electrons. The van der Waals surface area contributed by atoms with Crippen molar-refractivity contribution in [1.82, 2.24) is 9.78 Å². The van der Waals surface area contributed by atoms with Crippen molar-refractivity contribution < 1.29 is 15.0 Å². The highest BCUT2D eigenvalue weighted by molar-refractivity contribution is 5.79. The summed E-state index contributed by atoms with van der Waals surface area (Å²) in [6.45, 7) is 2.04. The lowest BCUT2D eigenvalue weighted by molar-refractivity contribution is -0.125. The molecule has 4 rings (SSSR count). The van der Waals surface area contributed by atoms with Gasteiger partial charge in [0, 0.05) is 18.4 Å². The number of aliphatic hydroxyl groups excluding tert-OH is 1. The fourth-order valence-corrected chi connectivity index (χ4v) is 3.80. The molecule has 1 fully saturated rings. The molecule has 2 aromatic carbocycles. The third-order valence-corrected chi connectivity index (χ3v) is 5.61. The summed E-state index contributed by atoms with van der Waals surface area (Å²) in [5.41, 5.74) is 4.27. The molecule has 3 aromatic rings. The van der Waals surface area contributed by atoms with Crippen molar-refractivity contribution in [2.75, 3.05) is 0 Å². The Balaban J connectivity index is 1.84. The maximum absolute atomic E-state index is 11.6. The van der Waals surface area contributed by atoms with Crippen LogP contribution in [0.15, 0.2) is 54.6 Å². The summed E-state index contributed by atoms with van der Waals surface area (Å²) in [7, 11) is 0. The van der Waals surface area contributed by atoms with Crippen molar-refractivity contribution in [2.45, 2.75) is 44.8 Å². The predicted octanol–water partition coefficient (Wildman–Crippen LogP) is 3.67. The van der Waals surface area contributed by atoms with E-state index in [-0.39, 0.29) is 12.4 Å². The van der Waals surface area contributed by atoms with Crippen molar-refractivity contribution in [3.8, 4) is 16.9 Å². The van der Waals surface area contributed by atoms with Crippen LogP contribution in [0.2, 0.25) is 0 Å². The average Bonchev–Trinajstić information content (AvgIpc) is 3.17. The first-order valence-corrected chi connectivity index (χ1v) is 9.61. The number of hydrogen-bond donors (Lipinski definition) is 2. The molecule has 0 saturated heterocycles. The second-order valence-electron chi connectivity index (χ2n) is 7.54. The van der Waals surface area contributed by atoms with Crippen molar-refractivity contribution in [2.24, 2.45) is 0 Å². The Kier molecular flexibility index (Phi) is 4.87. The van der Waals surface area contributed by atoms with E-state index in [0.717, 1.165) is 28.1 Å². The van der Waals surface area contributed by atoms with Gasteiger partial charge in [-0.05, 0) is 49.1 Å². The molecule has 0 atom stereocenters. The third kappa shape index (κ3) is 3.39. The lowest BCUT2D eigenvalue weighted by Gasteiger charge is -2.29.